The molecule has 104 valence electrons. The number of nitrogens with zero attached hydrogens (tertiary/aromatic N) is 3. The van der Waals surface area contributed by atoms with E-state index < -0.39 is 0 Å². The molecule has 5 heteroatoms. The van der Waals surface area contributed by atoms with E-state index in [0.29, 0.717) is 0 Å². The summed E-state index contributed by atoms with van der Waals surface area (Å²) in [5, 5.41) is 0. The fourth-order valence-corrected chi connectivity index (χ4v) is 2.92. The van der Waals surface area contributed by atoms with E-state index in [2.05, 4.69) is 14.9 Å². The number of hydrogen-bond acceptors (Lipinski definition) is 5. The van der Waals surface area contributed by atoms with E-state index in [4.69, 9.17) is 4.55 Å². The minimum Gasteiger partial charge on any atom is -0.329 e. The van der Waals surface area contributed by atoms with Gasteiger partial charge in [0, 0.05) is 40.9 Å². The molecule has 1 aromatic heterocycles. The van der Waals surface area contributed by atoms with Crippen molar-refractivity contribution < 1.29 is 4.55 Å². The monoisotopic (exact) mass is 287 g/mol. The van der Waals surface area contributed by atoms with Gasteiger partial charge >= 0.3 is 0 Å². The first-order chi connectivity index (χ1) is 9.69. The number of fused-ring (bicyclic) bond motifs is 1. The van der Waals surface area contributed by atoms with E-state index in [1.165, 1.54) is 11.3 Å². The molecule has 0 fully saturated rings. The molecular formula is C15H17N3OS. The Kier molecular flexibility index (Phi) is 3.63. The summed E-state index contributed by atoms with van der Waals surface area (Å²) < 4.78 is 9.03. The Bertz CT molecular complexity index is 628. The van der Waals surface area contributed by atoms with E-state index in [1.54, 1.807) is 0 Å². The van der Waals surface area contributed by atoms with Crippen molar-refractivity contribution in [2.45, 2.75) is 31.1 Å². The lowest BCUT2D eigenvalue weighted by molar-refractivity contribution is 0.664. The molecule has 0 saturated carbocycles. The highest BCUT2D eigenvalue weighted by atomic mass is 32.2. The van der Waals surface area contributed by atoms with Crippen LogP contribution >= 0.6 is 12.0 Å². The molecule has 1 aromatic carbocycles. The largest absolute Gasteiger partial charge is 0.329 e. The zero-order valence-electron chi connectivity index (χ0n) is 11.6. The SMILES string of the molecule is Cc1nc2c(c(N(C)c3ccc(SO)cc3)n1)CCC2. The minimum absolute atomic E-state index is 0.763. The summed E-state index contributed by atoms with van der Waals surface area (Å²) in [4.78, 5) is 12.1. The Morgan fingerprint density at radius 3 is 2.60 bits per heavy atom. The molecule has 20 heavy (non-hydrogen) atoms. The quantitative estimate of drug-likeness (QED) is 0.874. The van der Waals surface area contributed by atoms with Gasteiger partial charge in [-0.1, -0.05) is 0 Å². The lowest BCUT2D eigenvalue weighted by atomic mass is 10.2. The van der Waals surface area contributed by atoms with E-state index in [0.717, 1.165) is 53.5 Å². The molecule has 0 unspecified atom stereocenters. The fourth-order valence-electron chi connectivity index (χ4n) is 2.66. The van der Waals surface area contributed by atoms with Crippen LogP contribution in [-0.4, -0.2) is 21.6 Å². The predicted octanol–water partition coefficient (Wildman–Crippen LogP) is 3.61. The first-order valence-electron chi connectivity index (χ1n) is 6.70. The van der Waals surface area contributed by atoms with Gasteiger partial charge < -0.3 is 9.45 Å². The maximum Gasteiger partial charge on any atom is 0.139 e. The van der Waals surface area contributed by atoms with Crippen LogP contribution in [0.1, 0.15) is 23.5 Å². The number of hydrogen-bond donors (Lipinski definition) is 1. The molecule has 0 aliphatic heterocycles. The topological polar surface area (TPSA) is 49.2 Å². The molecule has 1 aliphatic rings. The van der Waals surface area contributed by atoms with Gasteiger partial charge in [-0.3, -0.25) is 0 Å². The molecule has 0 spiro atoms. The number of rotatable bonds is 3. The Balaban J connectivity index is 1.99. The second kappa shape index (κ2) is 5.42. The number of benzene rings is 1. The standard InChI is InChI=1S/C15H17N3OS/c1-10-16-14-5-3-4-13(14)15(17-10)18(2)11-6-8-12(20-19)9-7-11/h6-9,19H,3-5H2,1-2H3. The van der Waals surface area contributed by atoms with Gasteiger partial charge in [0.25, 0.3) is 0 Å². The number of aromatic nitrogens is 2. The third kappa shape index (κ3) is 2.39. The first-order valence-corrected chi connectivity index (χ1v) is 7.48. The average molecular weight is 287 g/mol. The van der Waals surface area contributed by atoms with Crippen LogP contribution in [0.25, 0.3) is 0 Å². The highest BCUT2D eigenvalue weighted by molar-refractivity contribution is 7.93. The third-order valence-corrected chi connectivity index (χ3v) is 4.15. The molecule has 2 aromatic rings. The second-order valence-electron chi connectivity index (χ2n) is 5.02. The van der Waals surface area contributed by atoms with Crippen LogP contribution in [0.2, 0.25) is 0 Å². The molecule has 1 N–H and O–H groups in total. The molecule has 1 aliphatic carbocycles. The van der Waals surface area contributed by atoms with E-state index >= 15 is 0 Å². The normalized spacial score (nSPS) is 13.3. The Labute approximate surface area is 123 Å². The zero-order chi connectivity index (χ0) is 14.1. The predicted molar refractivity (Wildman–Crippen MR) is 81.8 cm³/mol. The molecule has 0 saturated heterocycles. The van der Waals surface area contributed by atoms with Gasteiger partial charge in [-0.05, 0) is 50.5 Å². The smallest absolute Gasteiger partial charge is 0.139 e. The summed E-state index contributed by atoms with van der Waals surface area (Å²) in [6.45, 7) is 1.95. The fraction of sp³-hybridized carbons (Fsp3) is 0.333. The van der Waals surface area contributed by atoms with Crippen LogP contribution in [0.4, 0.5) is 11.5 Å². The molecule has 0 radical (unpaired) electrons. The lowest BCUT2D eigenvalue weighted by Gasteiger charge is -2.21. The Morgan fingerprint density at radius 1 is 1.15 bits per heavy atom. The molecule has 0 atom stereocenters. The van der Waals surface area contributed by atoms with E-state index in [-0.39, 0.29) is 0 Å². The summed E-state index contributed by atoms with van der Waals surface area (Å²) in [5.41, 5.74) is 3.54. The van der Waals surface area contributed by atoms with Crippen molar-refractivity contribution in [3.05, 3.63) is 41.3 Å². The maximum atomic E-state index is 9.03. The molecular weight excluding hydrogens is 270 g/mol. The second-order valence-corrected chi connectivity index (χ2v) is 5.67. The zero-order valence-corrected chi connectivity index (χ0v) is 12.4. The summed E-state index contributed by atoms with van der Waals surface area (Å²) in [5.74, 6) is 1.84. The van der Waals surface area contributed by atoms with Crippen LogP contribution in [0.5, 0.6) is 0 Å². The van der Waals surface area contributed by atoms with Crippen LogP contribution in [0, 0.1) is 6.92 Å². The van der Waals surface area contributed by atoms with Crippen molar-refractivity contribution in [1.29, 1.82) is 0 Å². The van der Waals surface area contributed by atoms with Gasteiger partial charge in [0.2, 0.25) is 0 Å². The van der Waals surface area contributed by atoms with Crippen molar-refractivity contribution in [2.75, 3.05) is 11.9 Å². The maximum absolute atomic E-state index is 9.03. The van der Waals surface area contributed by atoms with Gasteiger partial charge in [0.1, 0.15) is 11.6 Å². The van der Waals surface area contributed by atoms with Gasteiger partial charge in [-0.25, -0.2) is 9.97 Å². The molecule has 3 rings (SSSR count). The lowest BCUT2D eigenvalue weighted by Crippen LogP contribution is -2.15. The van der Waals surface area contributed by atoms with Gasteiger partial charge in [-0.15, -0.1) is 0 Å². The molecule has 1 heterocycles. The van der Waals surface area contributed by atoms with Crippen LogP contribution in [-0.2, 0) is 12.8 Å². The van der Waals surface area contributed by atoms with Crippen molar-refractivity contribution in [3.8, 4) is 0 Å². The first kappa shape index (κ1) is 13.4. The van der Waals surface area contributed by atoms with Crippen molar-refractivity contribution in [1.82, 2.24) is 9.97 Å². The summed E-state index contributed by atoms with van der Waals surface area (Å²) >= 11 is 0.763. The number of anilines is 2. The van der Waals surface area contributed by atoms with Crippen molar-refractivity contribution in [3.63, 3.8) is 0 Å². The van der Waals surface area contributed by atoms with Gasteiger partial charge in [0.05, 0.1) is 0 Å². The molecule has 4 nitrogen and oxygen atoms in total. The van der Waals surface area contributed by atoms with Crippen molar-refractivity contribution in [2.24, 2.45) is 0 Å². The van der Waals surface area contributed by atoms with Crippen LogP contribution in [0.3, 0.4) is 0 Å². The van der Waals surface area contributed by atoms with Crippen molar-refractivity contribution >= 4 is 23.5 Å². The van der Waals surface area contributed by atoms with Crippen LogP contribution in [0.15, 0.2) is 29.2 Å². The highest BCUT2D eigenvalue weighted by Gasteiger charge is 2.21. The van der Waals surface area contributed by atoms with E-state index in [1.807, 2.05) is 38.2 Å². The summed E-state index contributed by atoms with van der Waals surface area (Å²) in [6.07, 6.45) is 3.27. The van der Waals surface area contributed by atoms with Crippen LogP contribution < -0.4 is 4.90 Å². The number of aryl methyl sites for hydroxylation is 2. The van der Waals surface area contributed by atoms with E-state index in [9.17, 15) is 0 Å². The van der Waals surface area contributed by atoms with Gasteiger partial charge in [0.15, 0.2) is 0 Å². The highest BCUT2D eigenvalue weighted by Crippen LogP contribution is 2.32. The Morgan fingerprint density at radius 2 is 1.90 bits per heavy atom. The molecule has 0 amide bonds. The Hall–Kier alpha value is -1.59. The van der Waals surface area contributed by atoms with Gasteiger partial charge in [-0.2, -0.15) is 0 Å². The summed E-state index contributed by atoms with van der Waals surface area (Å²) in [6, 6.07) is 7.81. The summed E-state index contributed by atoms with van der Waals surface area (Å²) in [7, 11) is 2.03. The average Bonchev–Trinajstić information content (AvgIpc) is 2.94. The third-order valence-electron chi connectivity index (χ3n) is 3.67. The minimum atomic E-state index is 0.763. The molecule has 0 bridgehead atoms.